The summed E-state index contributed by atoms with van der Waals surface area (Å²) in [5.74, 6) is 0.824. The molecule has 3 aliphatic rings. The molecule has 1 aromatic rings. The number of likely N-dealkylation sites (tertiary alicyclic amines) is 1. The summed E-state index contributed by atoms with van der Waals surface area (Å²) in [4.78, 5) is 19.3. The summed E-state index contributed by atoms with van der Waals surface area (Å²) in [6, 6.07) is 7.08. The minimum absolute atomic E-state index is 0.199. The molecular formula is C22H25ClN4O3. The van der Waals surface area contributed by atoms with Gasteiger partial charge >= 0.3 is 0 Å². The molecule has 1 saturated carbocycles. The molecule has 2 atom stereocenters. The number of aliphatic hydroxyl groups excluding tert-OH is 1. The van der Waals surface area contributed by atoms with Crippen molar-refractivity contribution in [2.75, 3.05) is 13.1 Å². The van der Waals surface area contributed by atoms with Gasteiger partial charge in [0.25, 0.3) is 5.91 Å². The zero-order chi connectivity index (χ0) is 21.4. The molecule has 7 nitrogen and oxygen atoms in total. The number of aliphatic hydroxyl groups is 1. The number of nitrogens with one attached hydrogen (secondary N) is 2. The zero-order valence-corrected chi connectivity index (χ0v) is 17.8. The van der Waals surface area contributed by atoms with Gasteiger partial charge in [0.05, 0.1) is 41.2 Å². The van der Waals surface area contributed by atoms with Crippen LogP contribution in [0.25, 0.3) is 0 Å². The number of hydrogen-bond donors (Lipinski definition) is 3. The maximum absolute atomic E-state index is 13.3. The highest BCUT2D eigenvalue weighted by atomic mass is 35.5. The lowest BCUT2D eigenvalue weighted by molar-refractivity contribution is 0.0580. The summed E-state index contributed by atoms with van der Waals surface area (Å²) < 4.78 is 5.99. The van der Waals surface area contributed by atoms with Crippen LogP contribution in [0.4, 0.5) is 0 Å². The van der Waals surface area contributed by atoms with Gasteiger partial charge < -0.3 is 25.5 Å². The van der Waals surface area contributed by atoms with Gasteiger partial charge in [0, 0.05) is 11.3 Å². The molecular weight excluding hydrogens is 404 g/mol. The highest BCUT2D eigenvalue weighted by Gasteiger charge is 2.33. The topological polar surface area (TPSA) is 98.0 Å². The molecule has 30 heavy (non-hydrogen) atoms. The van der Waals surface area contributed by atoms with E-state index in [0.717, 1.165) is 18.5 Å². The number of halogens is 1. The minimum Gasteiger partial charge on any atom is -0.487 e. The molecule has 2 fully saturated rings. The first-order valence-corrected chi connectivity index (χ1v) is 10.5. The van der Waals surface area contributed by atoms with Crippen LogP contribution in [0, 0.1) is 5.41 Å². The van der Waals surface area contributed by atoms with Gasteiger partial charge in [-0.3, -0.25) is 4.79 Å². The lowest BCUT2D eigenvalue weighted by Gasteiger charge is -2.21. The number of carbonyl (C=O) groups excluding carboxylic acids is 1. The predicted octanol–water partition coefficient (Wildman–Crippen LogP) is 3.20. The van der Waals surface area contributed by atoms with Gasteiger partial charge in [0.2, 0.25) is 0 Å². The fraction of sp³-hybridized carbons (Fsp3) is 0.409. The van der Waals surface area contributed by atoms with Crippen LogP contribution in [-0.2, 0) is 0 Å². The van der Waals surface area contributed by atoms with E-state index in [2.05, 4.69) is 10.3 Å². The van der Waals surface area contributed by atoms with E-state index in [1.165, 1.54) is 0 Å². The van der Waals surface area contributed by atoms with Crippen LogP contribution < -0.4 is 10.1 Å². The molecule has 2 aliphatic heterocycles. The predicted molar refractivity (Wildman–Crippen MR) is 116 cm³/mol. The third-order valence-corrected chi connectivity index (χ3v) is 6.24. The first-order valence-electron chi connectivity index (χ1n) is 10.1. The summed E-state index contributed by atoms with van der Waals surface area (Å²) in [5.41, 5.74) is 2.92. The van der Waals surface area contributed by atoms with Crippen molar-refractivity contribution in [1.82, 2.24) is 10.2 Å². The van der Waals surface area contributed by atoms with Crippen molar-refractivity contribution < 1.29 is 14.6 Å². The average molecular weight is 429 g/mol. The van der Waals surface area contributed by atoms with Crippen molar-refractivity contribution >= 4 is 28.9 Å². The van der Waals surface area contributed by atoms with Crippen molar-refractivity contribution in [2.45, 2.75) is 45.3 Å². The molecule has 1 amide bonds. The van der Waals surface area contributed by atoms with Crippen molar-refractivity contribution in [3.8, 4) is 5.75 Å². The van der Waals surface area contributed by atoms with Crippen molar-refractivity contribution in [3.63, 3.8) is 0 Å². The highest BCUT2D eigenvalue weighted by Crippen LogP contribution is 2.29. The van der Waals surface area contributed by atoms with Gasteiger partial charge in [-0.1, -0.05) is 23.7 Å². The number of aliphatic imine (C=N–C) groups is 1. The minimum atomic E-state index is -0.508. The molecule has 3 N–H and O–H groups in total. The second-order valence-corrected chi connectivity index (χ2v) is 8.26. The Labute approximate surface area is 180 Å². The third kappa shape index (κ3) is 3.87. The normalized spacial score (nSPS) is 26.7. The van der Waals surface area contributed by atoms with Crippen LogP contribution in [0.3, 0.4) is 0 Å². The van der Waals surface area contributed by atoms with Crippen molar-refractivity contribution in [2.24, 2.45) is 4.99 Å². The zero-order valence-electron chi connectivity index (χ0n) is 17.0. The van der Waals surface area contributed by atoms with Crippen LogP contribution in [0.2, 0.25) is 0 Å². The van der Waals surface area contributed by atoms with Crippen molar-refractivity contribution in [3.05, 3.63) is 52.0 Å². The standard InChI is InChI=1S/C22H25ClN4O3/c1-12-20(23)13(2)26-21(25-12)15-10-27(11-16(15)24)22(29)14-6-3-4-8-18(14)30-19-9-5-7-17(19)28/h3-4,6,8,17,19,24-25,28H,5,7,9-11H2,1-2H3/b21-15+,24-16?/t17-,19-/m0/s1. The fourth-order valence-electron chi connectivity index (χ4n) is 4.00. The van der Waals surface area contributed by atoms with E-state index in [-0.39, 0.29) is 25.1 Å². The molecule has 1 aromatic carbocycles. The van der Waals surface area contributed by atoms with E-state index in [1.807, 2.05) is 19.9 Å². The molecule has 1 saturated heterocycles. The lowest BCUT2D eigenvalue weighted by Crippen LogP contribution is -2.31. The number of nitrogens with zero attached hydrogens (tertiary/aromatic N) is 2. The van der Waals surface area contributed by atoms with Gasteiger partial charge in [0.15, 0.2) is 0 Å². The Hall–Kier alpha value is -2.64. The van der Waals surface area contributed by atoms with Gasteiger partial charge in [0.1, 0.15) is 17.7 Å². The van der Waals surface area contributed by atoms with E-state index >= 15 is 0 Å². The quantitative estimate of drug-likeness (QED) is 0.688. The van der Waals surface area contributed by atoms with Crippen LogP contribution in [0.1, 0.15) is 43.5 Å². The molecule has 0 bridgehead atoms. The number of carbonyl (C=O) groups is 1. The second-order valence-electron chi connectivity index (χ2n) is 7.88. The number of amides is 1. The molecule has 158 valence electrons. The Morgan fingerprint density at radius 2 is 2.07 bits per heavy atom. The average Bonchev–Trinajstić information content (AvgIpc) is 3.31. The Morgan fingerprint density at radius 1 is 1.30 bits per heavy atom. The molecule has 0 spiro atoms. The number of para-hydroxylation sites is 1. The van der Waals surface area contributed by atoms with Crippen LogP contribution in [0.5, 0.6) is 5.75 Å². The van der Waals surface area contributed by atoms with E-state index in [4.69, 9.17) is 21.7 Å². The third-order valence-electron chi connectivity index (χ3n) is 5.68. The van der Waals surface area contributed by atoms with Gasteiger partial charge in [-0.2, -0.15) is 0 Å². The maximum atomic E-state index is 13.3. The number of benzene rings is 1. The number of ether oxygens (including phenoxy) is 1. The van der Waals surface area contributed by atoms with Crippen LogP contribution in [0.15, 0.2) is 51.4 Å². The summed E-state index contributed by atoms with van der Waals surface area (Å²) in [6.45, 7) is 4.15. The summed E-state index contributed by atoms with van der Waals surface area (Å²) in [6.07, 6.45) is 1.59. The lowest BCUT2D eigenvalue weighted by atomic mass is 10.1. The molecule has 0 aromatic heterocycles. The maximum Gasteiger partial charge on any atom is 0.258 e. The van der Waals surface area contributed by atoms with E-state index in [9.17, 15) is 9.90 Å². The largest absolute Gasteiger partial charge is 0.487 e. The van der Waals surface area contributed by atoms with Gasteiger partial charge in [-0.25, -0.2) is 4.99 Å². The fourth-order valence-corrected chi connectivity index (χ4v) is 4.09. The summed E-state index contributed by atoms with van der Waals surface area (Å²) >= 11 is 6.20. The smallest absolute Gasteiger partial charge is 0.258 e. The van der Waals surface area contributed by atoms with Gasteiger partial charge in [-0.05, 0) is 45.2 Å². The molecule has 2 heterocycles. The molecule has 1 aliphatic carbocycles. The molecule has 8 heteroatoms. The number of allylic oxidation sites excluding steroid dienone is 2. The van der Waals surface area contributed by atoms with E-state index in [1.54, 1.807) is 23.1 Å². The second kappa shape index (κ2) is 8.24. The first kappa shape index (κ1) is 20.6. The first-order chi connectivity index (χ1) is 14.3. The van der Waals surface area contributed by atoms with Crippen LogP contribution >= 0.6 is 11.6 Å². The molecule has 4 rings (SSSR count). The summed E-state index contributed by atoms with van der Waals surface area (Å²) in [7, 11) is 0. The van der Waals surface area contributed by atoms with E-state index in [0.29, 0.717) is 45.6 Å². The Kier molecular flexibility index (Phi) is 5.66. The molecule has 0 radical (unpaired) electrons. The number of hydrogen-bond acceptors (Lipinski definition) is 6. The number of rotatable bonds is 3. The molecule has 0 unspecified atom stereocenters. The van der Waals surface area contributed by atoms with E-state index < -0.39 is 6.10 Å². The SMILES string of the molecule is CC1=N/C(=C2\CN(C(=O)c3ccccc3O[C@H]3CCC[C@@H]3O)CC2=N)NC(C)=C1Cl. The van der Waals surface area contributed by atoms with Crippen LogP contribution in [-0.4, -0.2) is 52.6 Å². The monoisotopic (exact) mass is 428 g/mol. The summed E-state index contributed by atoms with van der Waals surface area (Å²) in [5, 5.41) is 22.2. The Balaban J connectivity index is 1.56. The Morgan fingerprint density at radius 3 is 2.77 bits per heavy atom. The Bertz CT molecular complexity index is 998. The van der Waals surface area contributed by atoms with Crippen molar-refractivity contribution in [1.29, 1.82) is 5.41 Å². The highest BCUT2D eigenvalue weighted by molar-refractivity contribution is 6.43. The van der Waals surface area contributed by atoms with Gasteiger partial charge in [-0.15, -0.1) is 0 Å².